The molecule has 0 unspecified atom stereocenters. The molecule has 0 saturated carbocycles. The first-order valence-electron chi connectivity index (χ1n) is 7.90. The second kappa shape index (κ2) is 6.22. The minimum Gasteiger partial charge on any atom is -0.492 e. The zero-order valence-corrected chi connectivity index (χ0v) is 14.0. The fourth-order valence-corrected chi connectivity index (χ4v) is 5.07. The van der Waals surface area contributed by atoms with Gasteiger partial charge in [0.25, 0.3) is 0 Å². The van der Waals surface area contributed by atoms with E-state index in [4.69, 9.17) is 4.74 Å². The van der Waals surface area contributed by atoms with Gasteiger partial charge in [0.1, 0.15) is 22.2 Å². The van der Waals surface area contributed by atoms with Gasteiger partial charge in [-0.05, 0) is 42.5 Å². The molecule has 1 aromatic rings. The highest BCUT2D eigenvalue weighted by Gasteiger charge is 2.45. The average molecular weight is 363 g/mol. The predicted octanol–water partition coefficient (Wildman–Crippen LogP) is 2.59. The molecule has 3 rings (SSSR count). The highest BCUT2D eigenvalue weighted by atomic mass is 32.2. The molecule has 2 fully saturated rings. The Morgan fingerprint density at radius 3 is 2.21 bits per heavy atom. The number of halogens is 3. The molecule has 0 aromatic heterocycles. The van der Waals surface area contributed by atoms with E-state index in [-0.39, 0.29) is 16.9 Å². The third kappa shape index (κ3) is 4.03. The van der Waals surface area contributed by atoms with Crippen LogP contribution in [0.5, 0.6) is 5.75 Å². The monoisotopic (exact) mass is 363 g/mol. The Morgan fingerprint density at radius 1 is 1.08 bits per heavy atom. The van der Waals surface area contributed by atoms with Gasteiger partial charge in [-0.2, -0.15) is 13.2 Å². The van der Waals surface area contributed by atoms with E-state index in [9.17, 15) is 21.6 Å². The largest absolute Gasteiger partial charge is 0.492 e. The number of hydrogen-bond acceptors (Lipinski definition) is 4. The van der Waals surface area contributed by atoms with Gasteiger partial charge in [-0.1, -0.05) is 0 Å². The number of benzene rings is 1. The fraction of sp³-hybridized carbons (Fsp3) is 0.625. The van der Waals surface area contributed by atoms with E-state index < -0.39 is 21.6 Å². The lowest BCUT2D eigenvalue weighted by Crippen LogP contribution is -2.59. The fourth-order valence-electron chi connectivity index (χ4n) is 3.38. The van der Waals surface area contributed by atoms with Gasteiger partial charge >= 0.3 is 6.18 Å². The summed E-state index contributed by atoms with van der Waals surface area (Å²) in [7, 11) is -2.84. The van der Waals surface area contributed by atoms with Crippen LogP contribution in [-0.4, -0.2) is 51.1 Å². The molecule has 1 spiro atoms. The number of likely N-dealkylation sites (tertiary alicyclic amines) is 1. The van der Waals surface area contributed by atoms with Crippen LogP contribution in [0.3, 0.4) is 0 Å². The number of rotatable bonds is 4. The first-order valence-corrected chi connectivity index (χ1v) is 9.73. The first kappa shape index (κ1) is 17.5. The summed E-state index contributed by atoms with van der Waals surface area (Å²) < 4.78 is 65.8. The van der Waals surface area contributed by atoms with Crippen LogP contribution in [0.4, 0.5) is 13.2 Å². The molecule has 2 aliphatic heterocycles. The van der Waals surface area contributed by atoms with Crippen molar-refractivity contribution in [2.45, 2.75) is 19.0 Å². The second-order valence-corrected chi connectivity index (χ2v) is 9.04. The van der Waals surface area contributed by atoms with Crippen molar-refractivity contribution in [2.75, 3.05) is 37.7 Å². The molecule has 8 heteroatoms. The quantitative estimate of drug-likeness (QED) is 0.825. The third-order valence-corrected chi connectivity index (χ3v) is 6.51. The molecule has 1 aromatic carbocycles. The Hall–Kier alpha value is -1.28. The maximum Gasteiger partial charge on any atom is 0.416 e. The Morgan fingerprint density at radius 2 is 1.67 bits per heavy atom. The summed E-state index contributed by atoms with van der Waals surface area (Å²) in [5.74, 6) is 0.980. The van der Waals surface area contributed by atoms with Gasteiger partial charge in [0.05, 0.1) is 17.1 Å². The van der Waals surface area contributed by atoms with Crippen LogP contribution in [-0.2, 0) is 16.0 Å². The van der Waals surface area contributed by atoms with Crippen LogP contribution in [0.1, 0.15) is 18.4 Å². The normalized spacial score (nSPS) is 23.0. The van der Waals surface area contributed by atoms with E-state index in [0.717, 1.165) is 38.1 Å². The van der Waals surface area contributed by atoms with E-state index in [0.29, 0.717) is 18.9 Å². The minimum absolute atomic E-state index is 0.139. The maximum absolute atomic E-state index is 12.5. The van der Waals surface area contributed by atoms with Crippen molar-refractivity contribution in [2.24, 2.45) is 5.41 Å². The minimum atomic E-state index is -4.34. The van der Waals surface area contributed by atoms with Crippen molar-refractivity contribution in [3.05, 3.63) is 29.8 Å². The summed E-state index contributed by atoms with van der Waals surface area (Å²) >= 11 is 0. The van der Waals surface area contributed by atoms with Gasteiger partial charge < -0.3 is 4.74 Å². The molecule has 0 radical (unpaired) electrons. The molecule has 0 atom stereocenters. The molecule has 2 saturated heterocycles. The predicted molar refractivity (Wildman–Crippen MR) is 83.7 cm³/mol. The van der Waals surface area contributed by atoms with Crippen molar-refractivity contribution in [3.63, 3.8) is 0 Å². The summed E-state index contributed by atoms with van der Waals surface area (Å²) in [5.41, 5.74) is -0.550. The molecule has 2 heterocycles. The first-order chi connectivity index (χ1) is 11.2. The van der Waals surface area contributed by atoms with Gasteiger partial charge in [-0.15, -0.1) is 0 Å². The van der Waals surface area contributed by atoms with Crippen molar-refractivity contribution >= 4 is 9.84 Å². The summed E-state index contributed by atoms with van der Waals surface area (Å²) in [6.07, 6.45) is -2.88. The molecule has 134 valence electrons. The van der Waals surface area contributed by atoms with Crippen LogP contribution in [0.15, 0.2) is 24.3 Å². The molecular formula is C16H20F3NO3S. The van der Waals surface area contributed by atoms with E-state index in [1.54, 1.807) is 0 Å². The Labute approximate surface area is 139 Å². The molecule has 0 bridgehead atoms. The number of sulfone groups is 1. The highest BCUT2D eigenvalue weighted by Crippen LogP contribution is 2.40. The summed E-state index contributed by atoms with van der Waals surface area (Å²) in [5, 5.41) is 0. The number of ether oxygens (including phenoxy) is 1. The molecule has 24 heavy (non-hydrogen) atoms. The molecule has 2 aliphatic rings. The van der Waals surface area contributed by atoms with Crippen LogP contribution in [0, 0.1) is 5.41 Å². The summed E-state index contributed by atoms with van der Waals surface area (Å²) in [6.45, 7) is 2.84. The SMILES string of the molecule is O=S1(=O)CCC2(CC1)CN(CCOc1ccc(C(F)(F)F)cc1)C2. The molecule has 4 nitrogen and oxygen atoms in total. The zero-order chi connectivity index (χ0) is 17.4. The van der Waals surface area contributed by atoms with Crippen LogP contribution in [0.25, 0.3) is 0 Å². The van der Waals surface area contributed by atoms with Crippen LogP contribution >= 0.6 is 0 Å². The Balaban J connectivity index is 1.39. The molecule has 0 aliphatic carbocycles. The van der Waals surface area contributed by atoms with Crippen molar-refractivity contribution < 1.29 is 26.3 Å². The Bertz CT molecular complexity index is 664. The van der Waals surface area contributed by atoms with E-state index in [1.165, 1.54) is 12.1 Å². The number of nitrogens with zero attached hydrogens (tertiary/aromatic N) is 1. The summed E-state index contributed by atoms with van der Waals surface area (Å²) in [4.78, 5) is 2.20. The van der Waals surface area contributed by atoms with Gasteiger partial charge in [0.2, 0.25) is 0 Å². The Kier molecular flexibility index (Phi) is 4.55. The van der Waals surface area contributed by atoms with Gasteiger partial charge in [-0.25, -0.2) is 8.42 Å². The number of hydrogen-bond donors (Lipinski definition) is 0. The highest BCUT2D eigenvalue weighted by molar-refractivity contribution is 7.91. The van der Waals surface area contributed by atoms with E-state index >= 15 is 0 Å². The third-order valence-electron chi connectivity index (χ3n) is 4.86. The van der Waals surface area contributed by atoms with Crippen LogP contribution < -0.4 is 4.74 Å². The van der Waals surface area contributed by atoms with Gasteiger partial charge in [0, 0.05) is 19.6 Å². The van der Waals surface area contributed by atoms with Crippen molar-refractivity contribution in [1.82, 2.24) is 4.90 Å². The van der Waals surface area contributed by atoms with Crippen molar-refractivity contribution in [3.8, 4) is 5.75 Å². The van der Waals surface area contributed by atoms with Crippen molar-refractivity contribution in [1.29, 1.82) is 0 Å². The molecular weight excluding hydrogens is 343 g/mol. The van der Waals surface area contributed by atoms with Gasteiger partial charge in [0.15, 0.2) is 0 Å². The summed E-state index contributed by atoms with van der Waals surface area (Å²) in [6, 6.07) is 4.67. The number of alkyl halides is 3. The van der Waals surface area contributed by atoms with E-state index in [1.807, 2.05) is 0 Å². The van der Waals surface area contributed by atoms with Gasteiger partial charge in [-0.3, -0.25) is 4.90 Å². The zero-order valence-electron chi connectivity index (χ0n) is 13.2. The van der Waals surface area contributed by atoms with Crippen LogP contribution in [0.2, 0.25) is 0 Å². The maximum atomic E-state index is 12.5. The molecule has 0 N–H and O–H groups in total. The lowest BCUT2D eigenvalue weighted by atomic mass is 9.75. The second-order valence-electron chi connectivity index (χ2n) is 6.73. The smallest absolute Gasteiger partial charge is 0.416 e. The standard InChI is InChI=1S/C16H20F3NO3S/c17-16(18,19)13-1-3-14(4-2-13)23-8-7-20-11-15(12-20)5-9-24(21,22)10-6-15/h1-4H,5-12H2. The molecule has 0 amide bonds. The lowest BCUT2D eigenvalue weighted by Gasteiger charge is -2.52. The average Bonchev–Trinajstić information content (AvgIpc) is 2.47. The lowest BCUT2D eigenvalue weighted by molar-refractivity contribution is -0.137. The van der Waals surface area contributed by atoms with E-state index in [2.05, 4.69) is 4.90 Å². The topological polar surface area (TPSA) is 46.6 Å².